The molecule has 0 aromatic heterocycles. The van der Waals surface area contributed by atoms with E-state index in [1.165, 1.54) is 5.56 Å². The number of benzene rings is 1. The molecule has 0 spiro atoms. The molecule has 0 saturated heterocycles. The number of fused-ring (bicyclic) bond motifs is 1. The molecule has 3 heteroatoms. The maximum absolute atomic E-state index is 9.61. The van der Waals surface area contributed by atoms with Gasteiger partial charge in [-0.05, 0) is 24.0 Å². The minimum Gasteiger partial charge on any atom is -0.490 e. The van der Waals surface area contributed by atoms with Gasteiger partial charge in [0.25, 0.3) is 0 Å². The molecule has 0 bridgehead atoms. The second-order valence-corrected chi connectivity index (χ2v) is 5.59. The SMILES string of the molecule is CC(C)C(CO)(CO)CC1Cc2ccccc2O1. The molecule has 2 N–H and O–H groups in total. The Morgan fingerprint density at radius 3 is 2.50 bits per heavy atom. The Balaban J connectivity index is 2.08. The Bertz CT molecular complexity index is 371. The summed E-state index contributed by atoms with van der Waals surface area (Å²) >= 11 is 0. The van der Waals surface area contributed by atoms with Crippen LogP contribution in [0.15, 0.2) is 24.3 Å². The predicted molar refractivity (Wildman–Crippen MR) is 70.6 cm³/mol. The molecule has 1 aromatic carbocycles. The molecule has 1 aliphatic heterocycles. The van der Waals surface area contributed by atoms with Crippen LogP contribution in [0.5, 0.6) is 5.75 Å². The third-order valence-electron chi connectivity index (χ3n) is 4.20. The normalized spacial score (nSPS) is 18.8. The molecule has 1 atom stereocenters. The van der Waals surface area contributed by atoms with Gasteiger partial charge in [0.05, 0.1) is 13.2 Å². The van der Waals surface area contributed by atoms with E-state index in [2.05, 4.69) is 6.07 Å². The van der Waals surface area contributed by atoms with Crippen LogP contribution < -0.4 is 4.74 Å². The van der Waals surface area contributed by atoms with Crippen molar-refractivity contribution in [1.82, 2.24) is 0 Å². The largest absolute Gasteiger partial charge is 0.490 e. The van der Waals surface area contributed by atoms with Crippen LogP contribution in [0.1, 0.15) is 25.8 Å². The van der Waals surface area contributed by atoms with Crippen molar-refractivity contribution in [2.45, 2.75) is 32.8 Å². The minimum atomic E-state index is -0.452. The summed E-state index contributed by atoms with van der Waals surface area (Å²) in [5.74, 6) is 1.16. The van der Waals surface area contributed by atoms with Crippen LogP contribution >= 0.6 is 0 Å². The highest BCUT2D eigenvalue weighted by molar-refractivity contribution is 5.37. The molecule has 0 saturated carbocycles. The lowest BCUT2D eigenvalue weighted by Crippen LogP contribution is -2.40. The zero-order valence-corrected chi connectivity index (χ0v) is 11.1. The Morgan fingerprint density at radius 2 is 1.94 bits per heavy atom. The highest BCUT2D eigenvalue weighted by atomic mass is 16.5. The molecule has 1 heterocycles. The van der Waals surface area contributed by atoms with Gasteiger partial charge in [0, 0.05) is 11.8 Å². The number of para-hydroxylation sites is 1. The van der Waals surface area contributed by atoms with Gasteiger partial charge >= 0.3 is 0 Å². The van der Waals surface area contributed by atoms with E-state index in [4.69, 9.17) is 4.74 Å². The standard InChI is InChI=1S/C15H22O3/c1-11(2)15(9-16,10-17)8-13-7-12-5-3-4-6-14(12)18-13/h3-6,11,13,16-17H,7-10H2,1-2H3. The average molecular weight is 250 g/mol. The summed E-state index contributed by atoms with van der Waals surface area (Å²) in [5.41, 5.74) is 0.767. The van der Waals surface area contributed by atoms with Crippen LogP contribution in [0.3, 0.4) is 0 Å². The molecule has 3 nitrogen and oxygen atoms in total. The van der Waals surface area contributed by atoms with Crippen LogP contribution in [0.4, 0.5) is 0 Å². The smallest absolute Gasteiger partial charge is 0.123 e. The summed E-state index contributed by atoms with van der Waals surface area (Å²) < 4.78 is 5.89. The fourth-order valence-electron chi connectivity index (χ4n) is 2.60. The Morgan fingerprint density at radius 1 is 1.28 bits per heavy atom. The van der Waals surface area contributed by atoms with Crippen LogP contribution in [-0.2, 0) is 6.42 Å². The molecule has 1 unspecified atom stereocenters. The Kier molecular flexibility index (Phi) is 3.93. The van der Waals surface area contributed by atoms with E-state index in [0.29, 0.717) is 6.42 Å². The molecular weight excluding hydrogens is 228 g/mol. The zero-order chi connectivity index (χ0) is 13.2. The Labute approximate surface area is 108 Å². The number of aliphatic hydroxyl groups excluding tert-OH is 2. The van der Waals surface area contributed by atoms with Gasteiger partial charge in [-0.15, -0.1) is 0 Å². The summed E-state index contributed by atoms with van der Waals surface area (Å²) in [6.45, 7) is 4.07. The minimum absolute atomic E-state index is 0.00261. The number of hydrogen-bond donors (Lipinski definition) is 2. The van der Waals surface area contributed by atoms with Crippen molar-refractivity contribution in [3.63, 3.8) is 0 Å². The lowest BCUT2D eigenvalue weighted by molar-refractivity contribution is -0.0156. The van der Waals surface area contributed by atoms with Gasteiger partial charge in [0.15, 0.2) is 0 Å². The van der Waals surface area contributed by atoms with E-state index in [-0.39, 0.29) is 25.2 Å². The van der Waals surface area contributed by atoms with Crippen molar-refractivity contribution in [3.05, 3.63) is 29.8 Å². The van der Waals surface area contributed by atoms with Crippen molar-refractivity contribution in [2.75, 3.05) is 13.2 Å². The van der Waals surface area contributed by atoms with E-state index in [1.807, 2.05) is 32.0 Å². The molecule has 0 radical (unpaired) electrons. The number of ether oxygens (including phenoxy) is 1. The molecule has 18 heavy (non-hydrogen) atoms. The van der Waals surface area contributed by atoms with E-state index in [9.17, 15) is 10.2 Å². The maximum Gasteiger partial charge on any atom is 0.123 e. The quantitative estimate of drug-likeness (QED) is 0.840. The van der Waals surface area contributed by atoms with E-state index in [0.717, 1.165) is 12.2 Å². The summed E-state index contributed by atoms with van der Waals surface area (Å²) in [6, 6.07) is 8.03. The first-order chi connectivity index (χ1) is 8.61. The van der Waals surface area contributed by atoms with Gasteiger partial charge in [0.1, 0.15) is 11.9 Å². The molecule has 2 rings (SSSR count). The molecular formula is C15H22O3. The molecule has 0 fully saturated rings. The topological polar surface area (TPSA) is 49.7 Å². The fourth-order valence-corrected chi connectivity index (χ4v) is 2.60. The maximum atomic E-state index is 9.61. The summed E-state index contributed by atoms with van der Waals surface area (Å²) in [6.07, 6.45) is 1.61. The summed E-state index contributed by atoms with van der Waals surface area (Å²) in [7, 11) is 0. The van der Waals surface area contributed by atoms with Gasteiger partial charge in [-0.2, -0.15) is 0 Å². The number of hydrogen-bond acceptors (Lipinski definition) is 3. The van der Waals surface area contributed by atoms with Gasteiger partial charge in [-0.3, -0.25) is 0 Å². The summed E-state index contributed by atoms with van der Waals surface area (Å²) in [4.78, 5) is 0. The van der Waals surface area contributed by atoms with Crippen molar-refractivity contribution in [3.8, 4) is 5.75 Å². The van der Waals surface area contributed by atoms with E-state index < -0.39 is 5.41 Å². The molecule has 0 amide bonds. The highest BCUT2D eigenvalue weighted by Gasteiger charge is 2.38. The molecule has 0 aliphatic carbocycles. The first-order valence-electron chi connectivity index (χ1n) is 6.57. The third kappa shape index (κ3) is 2.38. The number of aliphatic hydroxyl groups is 2. The second-order valence-electron chi connectivity index (χ2n) is 5.59. The fraction of sp³-hybridized carbons (Fsp3) is 0.600. The summed E-state index contributed by atoms with van der Waals surface area (Å²) in [5, 5.41) is 19.2. The van der Waals surface area contributed by atoms with Crippen LogP contribution in [0, 0.1) is 11.3 Å². The van der Waals surface area contributed by atoms with E-state index in [1.54, 1.807) is 0 Å². The molecule has 100 valence electrons. The van der Waals surface area contributed by atoms with E-state index >= 15 is 0 Å². The monoisotopic (exact) mass is 250 g/mol. The zero-order valence-electron chi connectivity index (χ0n) is 11.1. The number of rotatable bonds is 5. The highest BCUT2D eigenvalue weighted by Crippen LogP contribution is 2.37. The van der Waals surface area contributed by atoms with Crippen molar-refractivity contribution >= 4 is 0 Å². The lowest BCUT2D eigenvalue weighted by Gasteiger charge is -2.35. The molecule has 1 aliphatic rings. The van der Waals surface area contributed by atoms with Gasteiger partial charge in [-0.1, -0.05) is 32.0 Å². The first kappa shape index (κ1) is 13.4. The van der Waals surface area contributed by atoms with Crippen LogP contribution in [-0.4, -0.2) is 29.5 Å². The lowest BCUT2D eigenvalue weighted by atomic mass is 9.74. The third-order valence-corrected chi connectivity index (χ3v) is 4.20. The van der Waals surface area contributed by atoms with Crippen molar-refractivity contribution < 1.29 is 14.9 Å². The van der Waals surface area contributed by atoms with Gasteiger partial charge in [-0.25, -0.2) is 0 Å². The second kappa shape index (κ2) is 5.29. The van der Waals surface area contributed by atoms with Gasteiger partial charge in [0.2, 0.25) is 0 Å². The average Bonchev–Trinajstić information content (AvgIpc) is 2.77. The van der Waals surface area contributed by atoms with Crippen LogP contribution in [0.25, 0.3) is 0 Å². The van der Waals surface area contributed by atoms with Crippen molar-refractivity contribution in [2.24, 2.45) is 11.3 Å². The van der Waals surface area contributed by atoms with Gasteiger partial charge < -0.3 is 14.9 Å². The predicted octanol–water partition coefficient (Wildman–Crippen LogP) is 2.01. The van der Waals surface area contributed by atoms with Crippen LogP contribution in [0.2, 0.25) is 0 Å². The first-order valence-corrected chi connectivity index (χ1v) is 6.57. The van der Waals surface area contributed by atoms with Crippen molar-refractivity contribution in [1.29, 1.82) is 0 Å². The molecule has 1 aromatic rings. The Hall–Kier alpha value is -1.06.